The van der Waals surface area contributed by atoms with Crippen molar-refractivity contribution in [1.82, 2.24) is 9.47 Å². The molecule has 1 fully saturated rings. The topological polar surface area (TPSA) is 81.0 Å². The Morgan fingerprint density at radius 1 is 1.09 bits per heavy atom. The van der Waals surface area contributed by atoms with Gasteiger partial charge in [0.2, 0.25) is 5.78 Å². The molecule has 4 heterocycles. The van der Waals surface area contributed by atoms with Crippen molar-refractivity contribution in [2.45, 2.75) is 25.4 Å². The van der Waals surface area contributed by atoms with Crippen molar-refractivity contribution in [3.63, 3.8) is 0 Å². The predicted octanol–water partition coefficient (Wildman–Crippen LogP) is 3.80. The number of ketones is 1. The molecule has 1 N–H and O–H groups in total. The maximum atomic E-state index is 13.1. The number of allylic oxidation sites excluding steroid dienone is 1. The highest BCUT2D eigenvalue weighted by molar-refractivity contribution is 6.15. The summed E-state index contributed by atoms with van der Waals surface area (Å²) in [4.78, 5) is 27.7. The molecular weight excluding hydrogens is 444 g/mol. The number of carbonyl (C=O) groups is 1. The fourth-order valence-electron chi connectivity index (χ4n) is 5.68. The normalized spacial score (nSPS) is 22.0. The van der Waals surface area contributed by atoms with Crippen molar-refractivity contribution in [3.05, 3.63) is 93.1 Å². The van der Waals surface area contributed by atoms with Gasteiger partial charge in [-0.2, -0.15) is 0 Å². The SMILES string of the molecule is COc1cccc(/C=C2\Oc3c(ccc(O)c3CN3C[C@H]4C[C@@H](C3)c3cccc(=O)n3C4)C2=O)c1. The Hall–Kier alpha value is -3.84. The number of hydrogen-bond acceptors (Lipinski definition) is 6. The molecule has 0 saturated carbocycles. The lowest BCUT2D eigenvalue weighted by molar-refractivity contribution is 0.101. The molecule has 0 radical (unpaired) electrons. The van der Waals surface area contributed by atoms with E-state index in [2.05, 4.69) is 4.90 Å². The lowest BCUT2D eigenvalue weighted by Gasteiger charge is -2.42. The first-order valence-electron chi connectivity index (χ1n) is 11.9. The van der Waals surface area contributed by atoms with Gasteiger partial charge in [-0.15, -0.1) is 0 Å². The number of phenols is 1. The number of pyridine rings is 1. The molecule has 1 aromatic heterocycles. The van der Waals surface area contributed by atoms with E-state index >= 15 is 0 Å². The molecule has 0 aliphatic carbocycles. The Kier molecular flexibility index (Phi) is 5.22. The summed E-state index contributed by atoms with van der Waals surface area (Å²) >= 11 is 0. The van der Waals surface area contributed by atoms with Crippen LogP contribution in [0.1, 0.15) is 39.5 Å². The number of methoxy groups -OCH3 is 1. The van der Waals surface area contributed by atoms with Crippen molar-refractivity contribution in [2.24, 2.45) is 5.92 Å². The fourth-order valence-corrected chi connectivity index (χ4v) is 5.68. The van der Waals surface area contributed by atoms with Crippen LogP contribution in [0.3, 0.4) is 0 Å². The Morgan fingerprint density at radius 2 is 1.94 bits per heavy atom. The first-order valence-corrected chi connectivity index (χ1v) is 11.9. The standard InChI is InChI=1S/C28H26N2O5/c1-34-20-5-2-4-17(11-20)12-25-27(33)21-8-9-24(31)22(28(21)35-25)16-29-13-18-10-19(15-29)23-6-3-7-26(32)30(23)14-18/h2-9,11-12,18-19,31H,10,13-16H2,1H3/b25-12-/t18-,19+/m1/s1. The van der Waals surface area contributed by atoms with Crippen LogP contribution in [0.5, 0.6) is 17.2 Å². The van der Waals surface area contributed by atoms with Gasteiger partial charge in [-0.1, -0.05) is 18.2 Å². The van der Waals surface area contributed by atoms with Gasteiger partial charge in [0.15, 0.2) is 5.76 Å². The van der Waals surface area contributed by atoms with E-state index in [-0.39, 0.29) is 28.8 Å². The molecule has 7 heteroatoms. The molecule has 6 rings (SSSR count). The third-order valence-corrected chi connectivity index (χ3v) is 7.24. The Balaban J connectivity index is 1.28. The third-order valence-electron chi connectivity index (χ3n) is 7.24. The summed E-state index contributed by atoms with van der Waals surface area (Å²) in [5, 5.41) is 10.7. The van der Waals surface area contributed by atoms with E-state index in [0.717, 1.165) is 30.8 Å². The third kappa shape index (κ3) is 3.82. The number of likely N-dealkylation sites (tertiary alicyclic amines) is 1. The molecule has 0 spiro atoms. The van der Waals surface area contributed by atoms with Crippen molar-refractivity contribution in [2.75, 3.05) is 20.2 Å². The number of benzene rings is 2. The second-order valence-corrected chi connectivity index (χ2v) is 9.55. The summed E-state index contributed by atoms with van der Waals surface area (Å²) in [5.74, 6) is 1.90. The molecule has 35 heavy (non-hydrogen) atoms. The zero-order valence-corrected chi connectivity index (χ0v) is 19.4. The molecule has 3 aliphatic rings. The van der Waals surface area contributed by atoms with Crippen LogP contribution >= 0.6 is 0 Å². The number of Topliss-reactive ketones (excluding diaryl/α,β-unsaturated/α-hetero) is 1. The van der Waals surface area contributed by atoms with Crippen molar-refractivity contribution < 1.29 is 19.4 Å². The highest BCUT2D eigenvalue weighted by Gasteiger charge is 2.36. The number of piperidine rings is 1. The second-order valence-electron chi connectivity index (χ2n) is 9.55. The molecule has 178 valence electrons. The second kappa shape index (κ2) is 8.43. The van der Waals surface area contributed by atoms with Gasteiger partial charge in [0, 0.05) is 43.9 Å². The lowest BCUT2D eigenvalue weighted by Crippen LogP contribution is -2.46. The Bertz CT molecular complexity index is 1420. The van der Waals surface area contributed by atoms with Gasteiger partial charge in [0.05, 0.1) is 18.2 Å². The predicted molar refractivity (Wildman–Crippen MR) is 131 cm³/mol. The van der Waals surface area contributed by atoms with Gasteiger partial charge in [0.25, 0.3) is 5.56 Å². The number of aromatic nitrogens is 1. The maximum absolute atomic E-state index is 13.1. The fraction of sp³-hybridized carbons (Fsp3) is 0.286. The average molecular weight is 471 g/mol. The minimum absolute atomic E-state index is 0.0615. The molecule has 7 nitrogen and oxygen atoms in total. The minimum atomic E-state index is -0.201. The van der Waals surface area contributed by atoms with E-state index in [1.165, 1.54) is 0 Å². The van der Waals surface area contributed by atoms with Crippen LogP contribution in [0.4, 0.5) is 0 Å². The van der Waals surface area contributed by atoms with Gasteiger partial charge < -0.3 is 19.1 Å². The number of rotatable bonds is 4. The monoisotopic (exact) mass is 470 g/mol. The van der Waals surface area contributed by atoms with Gasteiger partial charge >= 0.3 is 0 Å². The van der Waals surface area contributed by atoms with Crippen LogP contribution in [0.25, 0.3) is 6.08 Å². The smallest absolute Gasteiger partial charge is 0.250 e. The summed E-state index contributed by atoms with van der Waals surface area (Å²) in [6, 6.07) is 16.1. The summed E-state index contributed by atoms with van der Waals surface area (Å²) in [7, 11) is 1.60. The van der Waals surface area contributed by atoms with Crippen LogP contribution < -0.4 is 15.0 Å². The largest absolute Gasteiger partial charge is 0.507 e. The van der Waals surface area contributed by atoms with E-state index in [9.17, 15) is 14.7 Å². The Morgan fingerprint density at radius 3 is 2.80 bits per heavy atom. The number of fused-ring (bicyclic) bond motifs is 5. The summed E-state index contributed by atoms with van der Waals surface area (Å²) < 4.78 is 13.2. The van der Waals surface area contributed by atoms with E-state index in [1.807, 2.05) is 41.0 Å². The summed E-state index contributed by atoms with van der Waals surface area (Å²) in [6.07, 6.45) is 2.76. The molecule has 2 atom stereocenters. The number of nitrogens with zero attached hydrogens (tertiary/aromatic N) is 2. The number of ether oxygens (including phenoxy) is 2. The number of phenolic OH excluding ortho intramolecular Hbond substituents is 1. The van der Waals surface area contributed by atoms with Gasteiger partial charge in [0.1, 0.15) is 17.2 Å². The molecule has 3 aromatic rings. The van der Waals surface area contributed by atoms with E-state index in [1.54, 1.807) is 31.4 Å². The first kappa shape index (κ1) is 21.7. The molecular formula is C28H26N2O5. The first-order chi connectivity index (χ1) is 17.0. The van der Waals surface area contributed by atoms with Crippen molar-refractivity contribution in [3.8, 4) is 17.2 Å². The van der Waals surface area contributed by atoms with Crippen LogP contribution in [-0.2, 0) is 13.1 Å². The van der Waals surface area contributed by atoms with Gasteiger partial charge in [-0.05, 0) is 54.3 Å². The van der Waals surface area contributed by atoms with Crippen LogP contribution in [-0.4, -0.2) is 40.6 Å². The van der Waals surface area contributed by atoms with E-state index in [4.69, 9.17) is 9.47 Å². The maximum Gasteiger partial charge on any atom is 0.250 e. The van der Waals surface area contributed by atoms with Crippen molar-refractivity contribution >= 4 is 11.9 Å². The van der Waals surface area contributed by atoms with Crippen LogP contribution in [0, 0.1) is 5.92 Å². The lowest BCUT2D eigenvalue weighted by atomic mass is 9.83. The minimum Gasteiger partial charge on any atom is -0.507 e. The summed E-state index contributed by atoms with van der Waals surface area (Å²) in [6.45, 7) is 2.78. The van der Waals surface area contributed by atoms with E-state index in [0.29, 0.717) is 41.6 Å². The van der Waals surface area contributed by atoms with Crippen LogP contribution in [0.15, 0.2) is 65.2 Å². The molecule has 2 aromatic carbocycles. The molecule has 2 bridgehead atoms. The average Bonchev–Trinajstić information content (AvgIpc) is 3.17. The zero-order valence-electron chi connectivity index (χ0n) is 19.4. The van der Waals surface area contributed by atoms with E-state index < -0.39 is 0 Å². The number of aromatic hydroxyl groups is 1. The Labute approximate surface area is 202 Å². The molecule has 0 amide bonds. The van der Waals surface area contributed by atoms with Gasteiger partial charge in [-0.25, -0.2) is 0 Å². The highest BCUT2D eigenvalue weighted by atomic mass is 16.5. The highest BCUT2D eigenvalue weighted by Crippen LogP contribution is 2.42. The number of hydrogen-bond donors (Lipinski definition) is 1. The van der Waals surface area contributed by atoms with Crippen LogP contribution in [0.2, 0.25) is 0 Å². The molecule has 0 unspecified atom stereocenters. The van der Waals surface area contributed by atoms with Crippen molar-refractivity contribution in [1.29, 1.82) is 0 Å². The van der Waals surface area contributed by atoms with Gasteiger partial charge in [-0.3, -0.25) is 14.5 Å². The molecule has 3 aliphatic heterocycles. The zero-order chi connectivity index (χ0) is 24.1. The quantitative estimate of drug-likeness (QED) is 0.585. The molecule has 1 saturated heterocycles. The summed E-state index contributed by atoms with van der Waals surface area (Å²) in [5.41, 5.74) is 3.02. The number of carbonyl (C=O) groups excluding carboxylic acids is 1.